The molecule has 0 saturated heterocycles. The molecule has 2 aliphatic carbocycles. The second kappa shape index (κ2) is 9.20. The number of hydrogen-bond donors (Lipinski definition) is 1. The van der Waals surface area contributed by atoms with Gasteiger partial charge in [-0.1, -0.05) is 64.2 Å². The van der Waals surface area contributed by atoms with Gasteiger partial charge in [0.2, 0.25) is 0 Å². The molecule has 0 aromatic carbocycles. The fourth-order valence-corrected chi connectivity index (χ4v) is 4.08. The maximum absolute atomic E-state index is 13.4. The van der Waals surface area contributed by atoms with Crippen LogP contribution in [0.1, 0.15) is 110 Å². The topological polar surface area (TPSA) is 37.3 Å². The van der Waals surface area contributed by atoms with Crippen LogP contribution in [-0.4, -0.2) is 17.2 Å². The van der Waals surface area contributed by atoms with Gasteiger partial charge in [-0.15, -0.1) is 0 Å². The first kappa shape index (κ1) is 19.7. The summed E-state index contributed by atoms with van der Waals surface area (Å²) in [6.45, 7) is 1.74. The number of aliphatic carboxylic acids is 1. The number of alkyl halides is 1. The van der Waals surface area contributed by atoms with Gasteiger partial charge in [0.1, 0.15) is 6.17 Å². The Morgan fingerprint density at radius 1 is 0.833 bits per heavy atom. The summed E-state index contributed by atoms with van der Waals surface area (Å²) in [6, 6.07) is 0. The minimum absolute atomic E-state index is 0.0830. The van der Waals surface area contributed by atoms with Gasteiger partial charge in [0, 0.05) is 5.41 Å². The Morgan fingerprint density at radius 2 is 1.25 bits per heavy atom. The predicted molar refractivity (Wildman–Crippen MR) is 96.9 cm³/mol. The summed E-state index contributed by atoms with van der Waals surface area (Å²) in [5.41, 5.74) is -0.237. The third kappa shape index (κ3) is 6.04. The number of unbranched alkanes of at least 4 members (excludes halogenated alkanes) is 9. The van der Waals surface area contributed by atoms with Crippen LogP contribution >= 0.6 is 0 Å². The predicted octanol–water partition coefficient (Wildman–Crippen LogP) is 6.67. The number of carbonyl (C=O) groups is 1. The average Bonchev–Trinajstić information content (AvgIpc) is 3.43. The van der Waals surface area contributed by atoms with E-state index in [1.807, 2.05) is 0 Å². The first-order valence-corrected chi connectivity index (χ1v) is 10.4. The molecule has 0 spiro atoms. The molecule has 2 aliphatic rings. The summed E-state index contributed by atoms with van der Waals surface area (Å²) in [5.74, 6) is -0.573. The van der Waals surface area contributed by atoms with Crippen molar-refractivity contribution in [1.82, 2.24) is 0 Å². The molecule has 0 radical (unpaired) electrons. The molecule has 2 nitrogen and oxygen atoms in total. The van der Waals surface area contributed by atoms with Gasteiger partial charge in [0.25, 0.3) is 0 Å². The Labute approximate surface area is 147 Å². The highest BCUT2D eigenvalue weighted by Crippen LogP contribution is 2.54. The lowest BCUT2D eigenvalue weighted by molar-refractivity contribution is -0.143. The normalized spacial score (nSPS) is 21.4. The van der Waals surface area contributed by atoms with E-state index in [4.69, 9.17) is 5.11 Å². The van der Waals surface area contributed by atoms with E-state index in [1.165, 1.54) is 57.8 Å². The molecule has 140 valence electrons. The highest BCUT2D eigenvalue weighted by molar-refractivity contribution is 5.77. The molecule has 0 aliphatic heterocycles. The van der Waals surface area contributed by atoms with Gasteiger partial charge in [-0.05, 0) is 45.4 Å². The Kier molecular flexibility index (Phi) is 7.56. The Hall–Kier alpha value is -0.600. The van der Waals surface area contributed by atoms with Gasteiger partial charge < -0.3 is 5.11 Å². The maximum atomic E-state index is 13.4. The Balaban J connectivity index is 1.31. The molecule has 1 unspecified atom stereocenters. The van der Waals surface area contributed by atoms with Gasteiger partial charge in [-0.2, -0.15) is 0 Å². The molecule has 1 atom stereocenters. The number of halogens is 1. The minimum Gasteiger partial charge on any atom is -0.481 e. The van der Waals surface area contributed by atoms with E-state index in [1.54, 1.807) is 6.92 Å². The second-order valence-corrected chi connectivity index (χ2v) is 8.60. The van der Waals surface area contributed by atoms with Crippen molar-refractivity contribution in [3.05, 3.63) is 0 Å². The van der Waals surface area contributed by atoms with E-state index < -0.39 is 12.1 Å². The maximum Gasteiger partial charge on any atom is 0.309 e. The summed E-state index contributed by atoms with van der Waals surface area (Å²) in [5, 5.41) is 9.12. The zero-order valence-electron chi connectivity index (χ0n) is 15.6. The van der Waals surface area contributed by atoms with Crippen molar-refractivity contribution in [3.8, 4) is 0 Å². The average molecular weight is 341 g/mol. The number of carboxylic acid groups (broad SMARTS) is 1. The van der Waals surface area contributed by atoms with E-state index in [9.17, 15) is 9.18 Å². The van der Waals surface area contributed by atoms with Crippen LogP contribution in [0.4, 0.5) is 4.39 Å². The molecular weight excluding hydrogens is 303 g/mol. The van der Waals surface area contributed by atoms with E-state index in [2.05, 4.69) is 0 Å². The van der Waals surface area contributed by atoms with Gasteiger partial charge in [-0.3, -0.25) is 4.79 Å². The fraction of sp³-hybridized carbons (Fsp3) is 0.952. The lowest BCUT2D eigenvalue weighted by Gasteiger charge is -2.15. The molecule has 0 aromatic heterocycles. The molecule has 2 rings (SSSR count). The van der Waals surface area contributed by atoms with Crippen LogP contribution in [0.15, 0.2) is 0 Å². The van der Waals surface area contributed by atoms with Crippen LogP contribution in [0.2, 0.25) is 0 Å². The van der Waals surface area contributed by atoms with Crippen molar-refractivity contribution in [3.63, 3.8) is 0 Å². The summed E-state index contributed by atoms with van der Waals surface area (Å²) in [7, 11) is 0. The highest BCUT2D eigenvalue weighted by atomic mass is 19.1. The zero-order chi connectivity index (χ0) is 17.5. The first-order valence-electron chi connectivity index (χ1n) is 10.4. The van der Waals surface area contributed by atoms with Crippen molar-refractivity contribution in [2.24, 2.45) is 10.8 Å². The second-order valence-electron chi connectivity index (χ2n) is 8.60. The highest BCUT2D eigenvalue weighted by Gasteiger charge is 2.49. The van der Waals surface area contributed by atoms with Gasteiger partial charge in [0.15, 0.2) is 0 Å². The molecule has 1 N–H and O–H groups in total. The van der Waals surface area contributed by atoms with Crippen molar-refractivity contribution >= 4 is 5.97 Å². The fourth-order valence-electron chi connectivity index (χ4n) is 4.08. The van der Waals surface area contributed by atoms with E-state index in [-0.39, 0.29) is 10.8 Å². The van der Waals surface area contributed by atoms with Crippen LogP contribution in [0.25, 0.3) is 0 Å². The molecule has 2 fully saturated rings. The molecule has 2 saturated carbocycles. The number of hydrogen-bond acceptors (Lipinski definition) is 1. The molecule has 0 heterocycles. The summed E-state index contributed by atoms with van der Waals surface area (Å²) in [6.07, 6.45) is 18.0. The first-order chi connectivity index (χ1) is 11.5. The number of rotatable bonds is 15. The summed E-state index contributed by atoms with van der Waals surface area (Å²) < 4.78 is 13.4. The van der Waals surface area contributed by atoms with Crippen LogP contribution in [0.5, 0.6) is 0 Å². The molecule has 0 amide bonds. The monoisotopic (exact) mass is 340 g/mol. The van der Waals surface area contributed by atoms with E-state index in [0.717, 1.165) is 44.9 Å². The quantitative estimate of drug-likeness (QED) is 0.338. The molecule has 24 heavy (non-hydrogen) atoms. The van der Waals surface area contributed by atoms with Crippen LogP contribution < -0.4 is 0 Å². The summed E-state index contributed by atoms with van der Waals surface area (Å²) in [4.78, 5) is 11.1. The van der Waals surface area contributed by atoms with Crippen molar-refractivity contribution in [1.29, 1.82) is 0 Å². The lowest BCUT2D eigenvalue weighted by atomic mass is 9.93. The third-order valence-electron chi connectivity index (χ3n) is 6.62. The Morgan fingerprint density at radius 3 is 1.58 bits per heavy atom. The third-order valence-corrected chi connectivity index (χ3v) is 6.62. The van der Waals surface area contributed by atoms with Crippen LogP contribution in [0.3, 0.4) is 0 Å². The SMILES string of the molecule is CC(F)C1(CCCCCCCCCCCCC2(C(=O)O)CC2)CC1. The lowest BCUT2D eigenvalue weighted by Crippen LogP contribution is -2.14. The number of carboxylic acids is 1. The van der Waals surface area contributed by atoms with Crippen LogP contribution in [-0.2, 0) is 4.79 Å². The summed E-state index contributed by atoms with van der Waals surface area (Å²) >= 11 is 0. The zero-order valence-corrected chi connectivity index (χ0v) is 15.6. The van der Waals surface area contributed by atoms with Crippen molar-refractivity contribution in [2.75, 3.05) is 0 Å². The van der Waals surface area contributed by atoms with Crippen molar-refractivity contribution in [2.45, 2.75) is 116 Å². The van der Waals surface area contributed by atoms with Crippen molar-refractivity contribution < 1.29 is 14.3 Å². The smallest absolute Gasteiger partial charge is 0.309 e. The van der Waals surface area contributed by atoms with Gasteiger partial charge in [0.05, 0.1) is 5.41 Å². The Bertz CT molecular complexity index is 383. The standard InChI is InChI=1S/C21H37FO2/c1-18(22)20(14-15-20)12-10-8-6-4-2-3-5-7-9-11-13-21(16-17-21)19(23)24/h18H,2-17H2,1H3,(H,23,24). The van der Waals surface area contributed by atoms with Crippen LogP contribution in [0, 0.1) is 10.8 Å². The van der Waals surface area contributed by atoms with E-state index in [0.29, 0.717) is 0 Å². The van der Waals surface area contributed by atoms with Gasteiger partial charge in [-0.25, -0.2) is 4.39 Å². The molecule has 0 bridgehead atoms. The van der Waals surface area contributed by atoms with E-state index >= 15 is 0 Å². The van der Waals surface area contributed by atoms with Gasteiger partial charge >= 0.3 is 5.97 Å². The molecule has 3 heteroatoms. The molecular formula is C21H37FO2. The minimum atomic E-state index is -0.609. The molecule has 0 aromatic rings. The largest absolute Gasteiger partial charge is 0.481 e.